The van der Waals surface area contributed by atoms with E-state index in [9.17, 15) is 9.59 Å². The van der Waals surface area contributed by atoms with Gasteiger partial charge in [0.15, 0.2) is 12.4 Å². The molecule has 0 unspecified atom stereocenters. The first-order valence-electron chi connectivity index (χ1n) is 8.87. The minimum Gasteiger partial charge on any atom is -0.476 e. The van der Waals surface area contributed by atoms with Crippen molar-refractivity contribution in [2.45, 2.75) is 13.8 Å². The maximum absolute atomic E-state index is 13.1. The van der Waals surface area contributed by atoms with Crippen LogP contribution in [0.1, 0.15) is 13.8 Å². The van der Waals surface area contributed by atoms with Crippen LogP contribution < -0.4 is 10.2 Å². The zero-order valence-electron chi connectivity index (χ0n) is 15.5. The molecule has 0 fully saturated rings. The first-order valence-corrected chi connectivity index (χ1v) is 9.63. The van der Waals surface area contributed by atoms with Crippen LogP contribution in [0.2, 0.25) is 10.0 Å². The number of rotatable bonds is 6. The number of carbonyl (C=O) groups excluding carboxylic acids is 1. The van der Waals surface area contributed by atoms with E-state index in [4.69, 9.17) is 32.4 Å². The smallest absolute Gasteiger partial charge is 0.260 e. The number of amides is 1. The zero-order chi connectivity index (χ0) is 20.3. The third-order valence-electron chi connectivity index (χ3n) is 4.37. The van der Waals surface area contributed by atoms with E-state index in [1.54, 1.807) is 41.3 Å². The number of hydrogen-bond donors (Lipinski definition) is 0. The maximum Gasteiger partial charge on any atom is 0.260 e. The lowest BCUT2D eigenvalue weighted by atomic mass is 10.1. The Kier molecular flexibility index (Phi) is 6.27. The second kappa shape index (κ2) is 8.67. The van der Waals surface area contributed by atoms with Gasteiger partial charge in [-0.15, -0.1) is 0 Å². The standard InChI is InChI=1S/C21H19Cl2NO4/c1-3-24(4-2)18(25)12-27-21-19(26)16-11-15(23)9-10-17(16)28-20(21)13-5-7-14(22)8-6-13/h5-11H,3-4,12H2,1-2H3. The molecule has 7 heteroatoms. The number of fused-ring (bicyclic) bond motifs is 1. The highest BCUT2D eigenvalue weighted by Gasteiger charge is 2.20. The summed E-state index contributed by atoms with van der Waals surface area (Å²) < 4.78 is 11.6. The minimum absolute atomic E-state index is 0.0300. The van der Waals surface area contributed by atoms with Crippen LogP contribution in [-0.4, -0.2) is 30.5 Å². The third kappa shape index (κ3) is 4.16. The molecule has 0 spiro atoms. The molecule has 3 rings (SSSR count). The molecule has 28 heavy (non-hydrogen) atoms. The Labute approximate surface area is 172 Å². The van der Waals surface area contributed by atoms with E-state index in [0.717, 1.165) is 0 Å². The van der Waals surface area contributed by atoms with Crippen LogP contribution in [0.15, 0.2) is 51.7 Å². The average molecular weight is 420 g/mol. The van der Waals surface area contributed by atoms with Gasteiger partial charge in [-0.2, -0.15) is 0 Å². The van der Waals surface area contributed by atoms with Gasteiger partial charge in [0.1, 0.15) is 5.58 Å². The van der Waals surface area contributed by atoms with Crippen molar-refractivity contribution in [3.8, 4) is 17.1 Å². The predicted octanol–water partition coefficient (Wildman–Crippen LogP) is 5.01. The Morgan fingerprint density at radius 2 is 1.68 bits per heavy atom. The fraction of sp³-hybridized carbons (Fsp3) is 0.238. The topological polar surface area (TPSA) is 59.8 Å². The number of likely N-dealkylation sites (N-methyl/N-ethyl adjacent to an activating group) is 1. The van der Waals surface area contributed by atoms with Crippen LogP contribution in [0.4, 0.5) is 0 Å². The quantitative estimate of drug-likeness (QED) is 0.562. The number of nitrogens with zero attached hydrogens (tertiary/aromatic N) is 1. The fourth-order valence-corrected chi connectivity index (χ4v) is 3.17. The van der Waals surface area contributed by atoms with Crippen molar-refractivity contribution in [3.05, 3.63) is 62.7 Å². The molecule has 3 aromatic rings. The lowest BCUT2D eigenvalue weighted by Crippen LogP contribution is -2.35. The Hall–Kier alpha value is -2.50. The molecule has 0 radical (unpaired) electrons. The molecule has 146 valence electrons. The number of benzene rings is 2. The van der Waals surface area contributed by atoms with Gasteiger partial charge in [0, 0.05) is 28.7 Å². The molecule has 2 aromatic carbocycles. The Bertz CT molecular complexity index is 1060. The van der Waals surface area contributed by atoms with Gasteiger partial charge >= 0.3 is 0 Å². The van der Waals surface area contributed by atoms with Crippen molar-refractivity contribution in [2.24, 2.45) is 0 Å². The van der Waals surface area contributed by atoms with Gasteiger partial charge in [-0.1, -0.05) is 23.2 Å². The zero-order valence-corrected chi connectivity index (χ0v) is 17.0. The van der Waals surface area contributed by atoms with Crippen molar-refractivity contribution >= 4 is 40.1 Å². The van der Waals surface area contributed by atoms with Gasteiger partial charge < -0.3 is 14.1 Å². The molecule has 0 bridgehead atoms. The number of carbonyl (C=O) groups is 1. The molecule has 0 aliphatic carbocycles. The van der Waals surface area contributed by atoms with Crippen LogP contribution >= 0.6 is 23.2 Å². The van der Waals surface area contributed by atoms with Crippen LogP contribution in [0.5, 0.6) is 5.75 Å². The molecule has 0 N–H and O–H groups in total. The van der Waals surface area contributed by atoms with Gasteiger partial charge in [0.05, 0.1) is 5.39 Å². The Morgan fingerprint density at radius 3 is 2.32 bits per heavy atom. The highest BCUT2D eigenvalue weighted by atomic mass is 35.5. The molecule has 0 aliphatic rings. The van der Waals surface area contributed by atoms with Crippen molar-refractivity contribution in [1.29, 1.82) is 0 Å². The maximum atomic E-state index is 13.1. The molecular formula is C21H19Cl2NO4. The molecule has 5 nitrogen and oxygen atoms in total. The summed E-state index contributed by atoms with van der Waals surface area (Å²) in [6.45, 7) is 4.62. The molecule has 0 atom stereocenters. The second-order valence-corrected chi connectivity index (χ2v) is 6.96. The predicted molar refractivity (Wildman–Crippen MR) is 111 cm³/mol. The summed E-state index contributed by atoms with van der Waals surface area (Å²) in [4.78, 5) is 27.0. The van der Waals surface area contributed by atoms with E-state index in [0.29, 0.717) is 34.3 Å². The molecule has 1 amide bonds. The minimum atomic E-state index is -0.388. The van der Waals surface area contributed by atoms with Crippen LogP contribution in [0, 0.1) is 0 Å². The lowest BCUT2D eigenvalue weighted by molar-refractivity contribution is -0.132. The van der Waals surface area contributed by atoms with Crippen molar-refractivity contribution in [3.63, 3.8) is 0 Å². The van der Waals surface area contributed by atoms with Gasteiger partial charge in [0.2, 0.25) is 11.2 Å². The monoisotopic (exact) mass is 419 g/mol. The third-order valence-corrected chi connectivity index (χ3v) is 4.86. The Morgan fingerprint density at radius 1 is 1.04 bits per heavy atom. The van der Waals surface area contributed by atoms with Gasteiger partial charge in [-0.05, 0) is 56.3 Å². The molecular weight excluding hydrogens is 401 g/mol. The van der Waals surface area contributed by atoms with Crippen LogP contribution in [0.25, 0.3) is 22.3 Å². The van der Waals surface area contributed by atoms with E-state index in [2.05, 4.69) is 0 Å². The van der Waals surface area contributed by atoms with Gasteiger partial charge in [0.25, 0.3) is 5.91 Å². The molecule has 1 heterocycles. The number of halogens is 2. The summed E-state index contributed by atoms with van der Waals surface area (Å²) >= 11 is 12.0. The molecule has 0 saturated carbocycles. The summed E-state index contributed by atoms with van der Waals surface area (Å²) in [5.41, 5.74) is 0.603. The van der Waals surface area contributed by atoms with Crippen molar-refractivity contribution in [1.82, 2.24) is 4.90 Å². The van der Waals surface area contributed by atoms with E-state index in [1.807, 2.05) is 13.8 Å². The summed E-state index contributed by atoms with van der Waals surface area (Å²) in [5, 5.41) is 1.25. The van der Waals surface area contributed by atoms with Crippen molar-refractivity contribution < 1.29 is 13.9 Å². The van der Waals surface area contributed by atoms with Gasteiger partial charge in [-0.3, -0.25) is 9.59 Å². The SMILES string of the molecule is CCN(CC)C(=O)COc1c(-c2ccc(Cl)cc2)oc2ccc(Cl)cc2c1=O. The summed E-state index contributed by atoms with van der Waals surface area (Å²) in [5.74, 6) is -0.000853. The van der Waals surface area contributed by atoms with Crippen LogP contribution in [-0.2, 0) is 4.79 Å². The number of ether oxygens (including phenoxy) is 1. The molecule has 0 aliphatic heterocycles. The summed E-state index contributed by atoms with van der Waals surface area (Å²) in [6.07, 6.45) is 0. The first-order chi connectivity index (χ1) is 13.4. The van der Waals surface area contributed by atoms with E-state index in [-0.39, 0.29) is 34.8 Å². The van der Waals surface area contributed by atoms with Crippen molar-refractivity contribution in [2.75, 3.05) is 19.7 Å². The van der Waals surface area contributed by atoms with E-state index < -0.39 is 0 Å². The van der Waals surface area contributed by atoms with Crippen LogP contribution in [0.3, 0.4) is 0 Å². The molecule has 1 aromatic heterocycles. The van der Waals surface area contributed by atoms with E-state index in [1.165, 1.54) is 6.07 Å². The average Bonchev–Trinajstić information content (AvgIpc) is 2.69. The van der Waals surface area contributed by atoms with E-state index >= 15 is 0 Å². The highest BCUT2D eigenvalue weighted by molar-refractivity contribution is 6.31. The lowest BCUT2D eigenvalue weighted by Gasteiger charge is -2.19. The summed E-state index contributed by atoms with van der Waals surface area (Å²) in [6, 6.07) is 11.6. The largest absolute Gasteiger partial charge is 0.476 e. The van der Waals surface area contributed by atoms with Gasteiger partial charge in [-0.25, -0.2) is 0 Å². The number of hydrogen-bond acceptors (Lipinski definition) is 4. The normalized spacial score (nSPS) is 10.9. The second-order valence-electron chi connectivity index (χ2n) is 6.09. The highest BCUT2D eigenvalue weighted by Crippen LogP contribution is 2.32. The summed E-state index contributed by atoms with van der Waals surface area (Å²) in [7, 11) is 0. The fourth-order valence-electron chi connectivity index (χ4n) is 2.87. The first kappa shape index (κ1) is 20.2. The molecule has 0 saturated heterocycles. The Balaban J connectivity index is 2.10.